The van der Waals surface area contributed by atoms with Crippen molar-refractivity contribution in [1.82, 2.24) is 4.90 Å². The van der Waals surface area contributed by atoms with Crippen molar-refractivity contribution in [3.63, 3.8) is 0 Å². The lowest BCUT2D eigenvalue weighted by Gasteiger charge is -2.22. The van der Waals surface area contributed by atoms with E-state index in [2.05, 4.69) is 0 Å². The van der Waals surface area contributed by atoms with Gasteiger partial charge in [-0.05, 0) is 23.3 Å². The molecule has 0 saturated carbocycles. The van der Waals surface area contributed by atoms with Gasteiger partial charge in [0, 0.05) is 13.0 Å². The third-order valence-electron chi connectivity index (χ3n) is 4.80. The van der Waals surface area contributed by atoms with Crippen LogP contribution >= 0.6 is 0 Å². The number of hydrogen-bond donors (Lipinski definition) is 0. The highest BCUT2D eigenvalue weighted by molar-refractivity contribution is 6.21. The van der Waals surface area contributed by atoms with E-state index in [1.54, 1.807) is 17.0 Å². The summed E-state index contributed by atoms with van der Waals surface area (Å²) >= 11 is 0. The van der Waals surface area contributed by atoms with Crippen LogP contribution in [0.4, 0.5) is 10.5 Å². The van der Waals surface area contributed by atoms with Gasteiger partial charge in [-0.1, -0.05) is 78.9 Å². The standard InChI is InChI=1S/C23H20N2O2/c26-22-21(16-18-10-4-1-5-11-18)24(17-19-12-6-2-7-13-19)23(27)25(22)20-14-8-3-9-15-20/h1-15,21H,16-17H2/t21-/m0/s1. The Morgan fingerprint density at radius 3 is 1.78 bits per heavy atom. The molecule has 0 bridgehead atoms. The Bertz CT molecular complexity index is 867. The average Bonchev–Trinajstić information content (AvgIpc) is 2.94. The van der Waals surface area contributed by atoms with Crippen LogP contribution in [0.3, 0.4) is 0 Å². The largest absolute Gasteiger partial charge is 0.332 e. The zero-order valence-electron chi connectivity index (χ0n) is 14.9. The third-order valence-corrected chi connectivity index (χ3v) is 4.80. The number of para-hydroxylation sites is 1. The van der Waals surface area contributed by atoms with Crippen LogP contribution in [0.2, 0.25) is 0 Å². The van der Waals surface area contributed by atoms with Gasteiger partial charge in [0.15, 0.2) is 0 Å². The van der Waals surface area contributed by atoms with E-state index in [-0.39, 0.29) is 11.9 Å². The molecule has 4 heteroatoms. The summed E-state index contributed by atoms with van der Waals surface area (Å²) in [5.41, 5.74) is 2.66. The van der Waals surface area contributed by atoms with Gasteiger partial charge in [-0.3, -0.25) is 4.79 Å². The summed E-state index contributed by atoms with van der Waals surface area (Å²) in [6.45, 7) is 0.409. The summed E-state index contributed by atoms with van der Waals surface area (Å²) in [6, 6.07) is 28.0. The number of benzene rings is 3. The van der Waals surface area contributed by atoms with Crippen LogP contribution in [0.1, 0.15) is 11.1 Å². The van der Waals surface area contributed by atoms with E-state index in [0.717, 1.165) is 11.1 Å². The van der Waals surface area contributed by atoms with Crippen molar-refractivity contribution in [2.75, 3.05) is 4.90 Å². The lowest BCUT2D eigenvalue weighted by atomic mass is 10.0. The minimum Gasteiger partial charge on any atom is -0.307 e. The van der Waals surface area contributed by atoms with E-state index in [1.165, 1.54) is 4.90 Å². The fourth-order valence-electron chi connectivity index (χ4n) is 3.45. The van der Waals surface area contributed by atoms with Gasteiger partial charge in [-0.15, -0.1) is 0 Å². The van der Waals surface area contributed by atoms with Crippen LogP contribution in [-0.4, -0.2) is 22.9 Å². The molecule has 1 aliphatic rings. The Labute approximate surface area is 158 Å². The summed E-state index contributed by atoms with van der Waals surface area (Å²) in [5, 5.41) is 0. The highest BCUT2D eigenvalue weighted by Crippen LogP contribution is 2.28. The fourth-order valence-corrected chi connectivity index (χ4v) is 3.45. The summed E-state index contributed by atoms with van der Waals surface area (Å²) in [7, 11) is 0. The Morgan fingerprint density at radius 1 is 0.667 bits per heavy atom. The molecule has 1 fully saturated rings. The number of rotatable bonds is 5. The summed E-state index contributed by atoms with van der Waals surface area (Å²) in [6.07, 6.45) is 0.502. The van der Waals surface area contributed by atoms with E-state index in [0.29, 0.717) is 18.7 Å². The van der Waals surface area contributed by atoms with Crippen LogP contribution < -0.4 is 4.90 Å². The maximum atomic E-state index is 13.2. The normalized spacial score (nSPS) is 16.8. The van der Waals surface area contributed by atoms with Gasteiger partial charge in [-0.2, -0.15) is 0 Å². The monoisotopic (exact) mass is 356 g/mol. The molecule has 3 amide bonds. The molecule has 27 heavy (non-hydrogen) atoms. The number of nitrogens with zero attached hydrogens (tertiary/aromatic N) is 2. The van der Waals surface area contributed by atoms with Crippen molar-refractivity contribution in [2.45, 2.75) is 19.0 Å². The molecule has 4 nitrogen and oxygen atoms in total. The molecular formula is C23H20N2O2. The first kappa shape index (κ1) is 17.0. The maximum Gasteiger partial charge on any atom is 0.332 e. The highest BCUT2D eigenvalue weighted by Gasteiger charge is 2.45. The van der Waals surface area contributed by atoms with Crippen molar-refractivity contribution in [1.29, 1.82) is 0 Å². The predicted molar refractivity (Wildman–Crippen MR) is 105 cm³/mol. The van der Waals surface area contributed by atoms with Crippen molar-refractivity contribution < 1.29 is 9.59 Å². The topological polar surface area (TPSA) is 40.6 Å². The van der Waals surface area contributed by atoms with E-state index in [9.17, 15) is 9.59 Å². The Morgan fingerprint density at radius 2 is 1.19 bits per heavy atom. The Kier molecular flexibility index (Phi) is 4.71. The number of anilines is 1. The summed E-state index contributed by atoms with van der Waals surface area (Å²) < 4.78 is 0. The molecule has 1 aliphatic heterocycles. The lowest BCUT2D eigenvalue weighted by Crippen LogP contribution is -2.36. The summed E-state index contributed by atoms with van der Waals surface area (Å²) in [5.74, 6) is -0.175. The first-order chi connectivity index (χ1) is 13.2. The molecule has 1 atom stereocenters. The third kappa shape index (κ3) is 3.47. The quantitative estimate of drug-likeness (QED) is 0.641. The first-order valence-corrected chi connectivity index (χ1v) is 9.01. The molecule has 0 unspecified atom stereocenters. The second-order valence-electron chi connectivity index (χ2n) is 6.61. The van der Waals surface area contributed by atoms with Crippen LogP contribution in [0.5, 0.6) is 0 Å². The molecule has 3 aromatic carbocycles. The molecular weight excluding hydrogens is 336 g/mol. The Hall–Kier alpha value is -3.40. The number of imide groups is 1. The van der Waals surface area contributed by atoms with Gasteiger partial charge < -0.3 is 4.90 Å². The molecule has 134 valence electrons. The molecule has 3 aromatic rings. The van der Waals surface area contributed by atoms with Gasteiger partial charge in [-0.25, -0.2) is 9.69 Å². The molecule has 0 radical (unpaired) electrons. The van der Waals surface area contributed by atoms with Gasteiger partial charge in [0.05, 0.1) is 5.69 Å². The van der Waals surface area contributed by atoms with E-state index in [4.69, 9.17) is 0 Å². The molecule has 0 aliphatic carbocycles. The van der Waals surface area contributed by atoms with Crippen molar-refractivity contribution in [3.05, 3.63) is 102 Å². The van der Waals surface area contributed by atoms with E-state index < -0.39 is 6.04 Å². The number of hydrogen-bond acceptors (Lipinski definition) is 2. The van der Waals surface area contributed by atoms with Gasteiger partial charge in [0.1, 0.15) is 6.04 Å². The molecule has 1 heterocycles. The lowest BCUT2D eigenvalue weighted by molar-refractivity contribution is -0.119. The average molecular weight is 356 g/mol. The predicted octanol–water partition coefficient (Wildman–Crippen LogP) is 4.27. The number of carbonyl (C=O) groups is 2. The highest BCUT2D eigenvalue weighted by atomic mass is 16.2. The number of carbonyl (C=O) groups excluding carboxylic acids is 2. The van der Waals surface area contributed by atoms with Crippen LogP contribution in [0.15, 0.2) is 91.0 Å². The van der Waals surface area contributed by atoms with E-state index >= 15 is 0 Å². The number of urea groups is 1. The maximum absolute atomic E-state index is 13.2. The first-order valence-electron chi connectivity index (χ1n) is 9.01. The van der Waals surface area contributed by atoms with Gasteiger partial charge in [0.25, 0.3) is 5.91 Å². The summed E-state index contributed by atoms with van der Waals surface area (Å²) in [4.78, 5) is 29.3. The molecule has 0 spiro atoms. The van der Waals surface area contributed by atoms with Gasteiger partial charge in [0.2, 0.25) is 0 Å². The number of amides is 3. The fraction of sp³-hybridized carbons (Fsp3) is 0.130. The zero-order valence-corrected chi connectivity index (χ0v) is 14.9. The van der Waals surface area contributed by atoms with Crippen molar-refractivity contribution in [3.8, 4) is 0 Å². The van der Waals surface area contributed by atoms with Crippen LogP contribution in [0.25, 0.3) is 0 Å². The molecule has 1 saturated heterocycles. The van der Waals surface area contributed by atoms with Crippen molar-refractivity contribution in [2.24, 2.45) is 0 Å². The van der Waals surface area contributed by atoms with Crippen LogP contribution in [0, 0.1) is 0 Å². The minimum atomic E-state index is -0.514. The Balaban J connectivity index is 1.68. The zero-order chi connectivity index (χ0) is 18.6. The SMILES string of the molecule is O=C1[C@H](Cc2ccccc2)N(Cc2ccccc2)C(=O)N1c1ccccc1. The minimum absolute atomic E-state index is 0.175. The second kappa shape index (κ2) is 7.46. The molecule has 4 rings (SSSR count). The second-order valence-corrected chi connectivity index (χ2v) is 6.61. The molecule has 0 aromatic heterocycles. The van der Waals surface area contributed by atoms with E-state index in [1.807, 2.05) is 78.9 Å². The van der Waals surface area contributed by atoms with Crippen molar-refractivity contribution >= 4 is 17.6 Å². The smallest absolute Gasteiger partial charge is 0.307 e. The van der Waals surface area contributed by atoms with Gasteiger partial charge >= 0.3 is 6.03 Å². The molecule has 0 N–H and O–H groups in total. The van der Waals surface area contributed by atoms with Crippen LogP contribution in [-0.2, 0) is 17.8 Å².